The Morgan fingerprint density at radius 1 is 1.25 bits per heavy atom. The first-order valence-electron chi connectivity index (χ1n) is 0.136. The fourth-order valence-corrected chi connectivity index (χ4v) is 0. The number of hydrogen-bond acceptors (Lipinski definition) is 1. The van der Waals surface area contributed by atoms with Gasteiger partial charge < -0.3 is 0 Å². The van der Waals surface area contributed by atoms with Crippen molar-refractivity contribution in [2.24, 2.45) is 0 Å². The summed E-state index contributed by atoms with van der Waals surface area (Å²) in [6, 6.07) is 0. The van der Waals surface area contributed by atoms with E-state index in [1.54, 1.807) is 0 Å². The number of rotatable bonds is 0. The summed E-state index contributed by atoms with van der Waals surface area (Å²) in [5.41, 5.74) is 0. The molecule has 1 nitrogen and oxygen atoms in total. The average Bonchev–Trinajstić information content (AvgIpc) is 1.00. The van der Waals surface area contributed by atoms with Crippen molar-refractivity contribution in [3.05, 3.63) is 0 Å². The topological polar surface area (TPSA) is 17.1 Å². The van der Waals surface area contributed by atoms with Gasteiger partial charge in [-0.25, -0.2) is 0 Å². The first-order chi connectivity index (χ1) is 1.00. The molecule has 0 radical (unpaired) electrons. The van der Waals surface area contributed by atoms with E-state index in [2.05, 4.69) is 15.7 Å². The Hall–Kier alpha value is 0.800. The van der Waals surface area contributed by atoms with Crippen LogP contribution in [0.25, 0.3) is 0 Å². The zero-order chi connectivity index (χ0) is 2.00. The molecule has 0 aromatic heterocycles. The molecule has 0 aromatic carbocycles. The van der Waals surface area contributed by atoms with Crippen molar-refractivity contribution in [1.29, 1.82) is 0 Å². The van der Waals surface area contributed by atoms with Crippen LogP contribution in [-0.2, 0) is 36.0 Å². The Bertz CT molecular complexity index is 8.00. The summed E-state index contributed by atoms with van der Waals surface area (Å²) in [5.74, 6) is 0. The van der Waals surface area contributed by atoms with Crippen LogP contribution in [0.1, 0.15) is 7.43 Å². The van der Waals surface area contributed by atoms with Crippen molar-refractivity contribution < 1.29 is 36.0 Å². The van der Waals surface area contributed by atoms with Gasteiger partial charge in [0.25, 0.3) is 0 Å². The molecular formula is CH4CoNiO. The Morgan fingerprint density at radius 3 is 1.25 bits per heavy atom. The van der Waals surface area contributed by atoms with Crippen molar-refractivity contribution >= 4 is 0 Å². The molecule has 0 rings (SSSR count). The number of hydrogen-bond donors (Lipinski definition) is 0. The molecule has 0 spiro atoms. The van der Waals surface area contributed by atoms with E-state index in [-0.39, 0.29) is 23.9 Å². The molecule has 0 aromatic rings. The molecule has 0 amide bonds. The maximum absolute atomic E-state index is 7.94. The third-order valence-corrected chi connectivity index (χ3v) is 0. The second-order valence-electron chi connectivity index (χ2n) is 0. The Labute approximate surface area is 43.9 Å². The van der Waals surface area contributed by atoms with Gasteiger partial charge in [0.05, 0.1) is 0 Å². The normalized spacial score (nSPS) is 1.25. The molecule has 33 valence electrons. The van der Waals surface area contributed by atoms with E-state index in [4.69, 9.17) is 3.87 Å². The first-order valence-corrected chi connectivity index (χ1v) is 0.561. The SMILES string of the molecule is C.[Ni].[O]=[Co]. The van der Waals surface area contributed by atoms with Gasteiger partial charge in [-0.3, -0.25) is 0 Å². The Kier molecular flexibility index (Phi) is 249. The molecule has 0 atom stereocenters. The van der Waals surface area contributed by atoms with Gasteiger partial charge in [-0.15, -0.1) is 0 Å². The van der Waals surface area contributed by atoms with Crippen molar-refractivity contribution in [2.45, 2.75) is 7.43 Å². The average molecular weight is 150 g/mol. The minimum atomic E-state index is 0. The molecule has 0 N–H and O–H groups in total. The summed E-state index contributed by atoms with van der Waals surface area (Å²) in [5, 5.41) is 0. The predicted octanol–water partition coefficient (Wildman–Crippen LogP) is 0.512. The molecule has 0 aliphatic heterocycles. The van der Waals surface area contributed by atoms with E-state index < -0.39 is 0 Å². The van der Waals surface area contributed by atoms with Crippen LogP contribution < -0.4 is 0 Å². The molecule has 0 heterocycles. The van der Waals surface area contributed by atoms with Crippen molar-refractivity contribution in [1.82, 2.24) is 0 Å². The summed E-state index contributed by atoms with van der Waals surface area (Å²) in [7, 11) is 0. The monoisotopic (exact) mass is 149 g/mol. The fourth-order valence-electron chi connectivity index (χ4n) is 0. The molecule has 0 aliphatic carbocycles. The van der Waals surface area contributed by atoms with Crippen LogP contribution in [0.4, 0.5) is 0 Å². The van der Waals surface area contributed by atoms with Gasteiger partial charge in [-0.1, -0.05) is 7.43 Å². The molecule has 0 saturated carbocycles. The molecular weight excluding hydrogens is 146 g/mol. The van der Waals surface area contributed by atoms with E-state index >= 15 is 0 Å². The third kappa shape index (κ3) is 14.2. The van der Waals surface area contributed by atoms with Crippen LogP contribution in [0, 0.1) is 0 Å². The van der Waals surface area contributed by atoms with Crippen LogP contribution in [0.3, 0.4) is 0 Å². The summed E-state index contributed by atoms with van der Waals surface area (Å²) < 4.78 is 7.94. The van der Waals surface area contributed by atoms with Gasteiger partial charge in [0, 0.05) is 16.5 Å². The fraction of sp³-hybridized carbons (Fsp3) is 1.00. The Morgan fingerprint density at radius 2 is 1.25 bits per heavy atom. The van der Waals surface area contributed by atoms with Crippen LogP contribution in [-0.4, -0.2) is 0 Å². The standard InChI is InChI=1S/CH4.Co.Ni.O/h1H4;;;. The van der Waals surface area contributed by atoms with Gasteiger partial charge in [-0.05, 0) is 0 Å². The van der Waals surface area contributed by atoms with Crippen molar-refractivity contribution in [3.63, 3.8) is 0 Å². The second kappa shape index (κ2) is 46.6. The molecule has 0 unspecified atom stereocenters. The third-order valence-electron chi connectivity index (χ3n) is 0. The van der Waals surface area contributed by atoms with E-state index in [1.165, 1.54) is 0 Å². The van der Waals surface area contributed by atoms with Crippen LogP contribution in [0.2, 0.25) is 0 Å². The zero-order valence-corrected chi connectivity index (χ0v) is 3.09. The summed E-state index contributed by atoms with van der Waals surface area (Å²) in [6.45, 7) is 0. The molecule has 0 bridgehead atoms. The molecule has 3 heteroatoms. The maximum atomic E-state index is 7.94. The zero-order valence-electron chi connectivity index (χ0n) is 1.06. The molecule has 4 heavy (non-hydrogen) atoms. The summed E-state index contributed by atoms with van der Waals surface area (Å²) in [4.78, 5) is 0. The predicted molar refractivity (Wildman–Crippen MR) is 7.42 cm³/mol. The summed E-state index contributed by atoms with van der Waals surface area (Å²) in [6.07, 6.45) is 0. The van der Waals surface area contributed by atoms with Crippen molar-refractivity contribution in [3.8, 4) is 0 Å². The van der Waals surface area contributed by atoms with Crippen molar-refractivity contribution in [2.75, 3.05) is 0 Å². The molecule has 0 fully saturated rings. The van der Waals surface area contributed by atoms with Gasteiger partial charge in [-0.2, -0.15) is 0 Å². The second-order valence-corrected chi connectivity index (χ2v) is 0. The van der Waals surface area contributed by atoms with Gasteiger partial charge >= 0.3 is 19.5 Å². The van der Waals surface area contributed by atoms with Gasteiger partial charge in [0.15, 0.2) is 0 Å². The van der Waals surface area contributed by atoms with E-state index in [9.17, 15) is 0 Å². The quantitative estimate of drug-likeness (QED) is 0.459. The van der Waals surface area contributed by atoms with Crippen LogP contribution in [0.15, 0.2) is 0 Å². The van der Waals surface area contributed by atoms with Crippen LogP contribution >= 0.6 is 0 Å². The first kappa shape index (κ1) is 21.4. The van der Waals surface area contributed by atoms with Gasteiger partial charge in [0.2, 0.25) is 0 Å². The Balaban J connectivity index is -0.00000000500. The van der Waals surface area contributed by atoms with E-state index in [0.29, 0.717) is 0 Å². The van der Waals surface area contributed by atoms with Crippen LogP contribution in [0.5, 0.6) is 0 Å². The van der Waals surface area contributed by atoms with E-state index in [0.717, 1.165) is 0 Å². The molecule has 0 aliphatic rings. The van der Waals surface area contributed by atoms with Gasteiger partial charge in [0.1, 0.15) is 0 Å². The summed E-state index contributed by atoms with van der Waals surface area (Å²) >= 11 is 2.31. The van der Waals surface area contributed by atoms with E-state index in [1.807, 2.05) is 0 Å². The minimum absolute atomic E-state index is 0. The molecule has 0 saturated heterocycles.